The van der Waals surface area contributed by atoms with Crippen molar-refractivity contribution in [1.82, 2.24) is 4.98 Å². The summed E-state index contributed by atoms with van der Waals surface area (Å²) >= 11 is 9.71. The highest BCUT2D eigenvalue weighted by Gasteiger charge is 2.15. The molecule has 1 N–H and O–H groups in total. The Hall–Kier alpha value is -0.450. The molecule has 0 radical (unpaired) electrons. The summed E-state index contributed by atoms with van der Waals surface area (Å²) in [5, 5.41) is 5.95. The van der Waals surface area contributed by atoms with E-state index in [1.807, 2.05) is 18.2 Å². The molecule has 2 aromatic rings. The lowest BCUT2D eigenvalue weighted by Crippen LogP contribution is -2.13. The first-order chi connectivity index (χ1) is 8.31. The number of anilines is 1. The fourth-order valence-corrected chi connectivity index (χ4v) is 4.20. The Labute approximate surface area is 114 Å². The number of hydrogen-bond acceptors (Lipinski definition) is 4. The van der Waals surface area contributed by atoms with Crippen LogP contribution in [0.5, 0.6) is 0 Å². The van der Waals surface area contributed by atoms with E-state index in [0.717, 1.165) is 27.5 Å². The average molecular weight is 285 g/mol. The van der Waals surface area contributed by atoms with Crippen molar-refractivity contribution in [1.29, 1.82) is 0 Å². The summed E-state index contributed by atoms with van der Waals surface area (Å²) in [5.41, 5.74) is 0.990. The number of halogens is 1. The molecule has 1 atom stereocenters. The molecule has 0 bridgehead atoms. The van der Waals surface area contributed by atoms with Crippen molar-refractivity contribution in [3.05, 3.63) is 23.2 Å². The van der Waals surface area contributed by atoms with Crippen molar-refractivity contribution >= 4 is 50.0 Å². The van der Waals surface area contributed by atoms with E-state index in [1.165, 1.54) is 23.3 Å². The minimum Gasteiger partial charge on any atom is -0.360 e. The van der Waals surface area contributed by atoms with Crippen molar-refractivity contribution in [3.63, 3.8) is 0 Å². The van der Waals surface area contributed by atoms with E-state index in [1.54, 1.807) is 11.3 Å². The molecule has 1 aliphatic rings. The Morgan fingerprint density at radius 3 is 3.24 bits per heavy atom. The molecule has 1 aromatic carbocycles. The van der Waals surface area contributed by atoms with Gasteiger partial charge in [0.25, 0.3) is 0 Å². The van der Waals surface area contributed by atoms with Crippen LogP contribution in [-0.2, 0) is 0 Å². The lowest BCUT2D eigenvalue weighted by molar-refractivity contribution is 0.805. The van der Waals surface area contributed by atoms with Gasteiger partial charge in [0.15, 0.2) is 5.13 Å². The summed E-state index contributed by atoms with van der Waals surface area (Å²) in [6, 6.07) is 5.87. The molecule has 0 spiro atoms. The van der Waals surface area contributed by atoms with Gasteiger partial charge in [-0.3, -0.25) is 0 Å². The van der Waals surface area contributed by atoms with Gasteiger partial charge in [-0.05, 0) is 36.8 Å². The van der Waals surface area contributed by atoms with Crippen LogP contribution in [0.25, 0.3) is 10.2 Å². The zero-order valence-electron chi connectivity index (χ0n) is 9.28. The number of thioether (sulfide) groups is 1. The van der Waals surface area contributed by atoms with Gasteiger partial charge in [0.2, 0.25) is 0 Å². The van der Waals surface area contributed by atoms with Gasteiger partial charge < -0.3 is 5.32 Å². The number of hydrogen-bond donors (Lipinski definition) is 1. The van der Waals surface area contributed by atoms with Crippen molar-refractivity contribution in [2.45, 2.75) is 18.1 Å². The van der Waals surface area contributed by atoms with Gasteiger partial charge in [0.1, 0.15) is 0 Å². The van der Waals surface area contributed by atoms with E-state index in [4.69, 9.17) is 11.6 Å². The standard InChI is InChI=1S/C12H13ClN2S2/c13-8-3-4-11-10(6-8)15-12(17-11)14-7-9-2-1-5-16-9/h3-4,6,9H,1-2,5,7H2,(H,14,15). The normalized spacial score (nSPS) is 19.9. The summed E-state index contributed by atoms with van der Waals surface area (Å²) < 4.78 is 1.19. The largest absolute Gasteiger partial charge is 0.360 e. The summed E-state index contributed by atoms with van der Waals surface area (Å²) in [6.07, 6.45) is 2.68. The third-order valence-corrected chi connectivity index (χ3v) is 5.48. The topological polar surface area (TPSA) is 24.9 Å². The van der Waals surface area contributed by atoms with Gasteiger partial charge in [-0.1, -0.05) is 22.9 Å². The van der Waals surface area contributed by atoms with Crippen molar-refractivity contribution in [2.24, 2.45) is 0 Å². The maximum atomic E-state index is 5.95. The second-order valence-corrected chi connectivity index (χ2v) is 7.02. The third-order valence-electron chi connectivity index (χ3n) is 2.85. The highest BCUT2D eigenvalue weighted by atomic mass is 35.5. The van der Waals surface area contributed by atoms with Crippen LogP contribution in [0.2, 0.25) is 5.02 Å². The fourth-order valence-electron chi connectivity index (χ4n) is 1.98. The molecule has 0 amide bonds. The second-order valence-electron chi connectivity index (χ2n) is 4.15. The molecule has 1 aliphatic heterocycles. The molecule has 0 saturated carbocycles. The quantitative estimate of drug-likeness (QED) is 0.912. The molecule has 90 valence electrons. The molecule has 17 heavy (non-hydrogen) atoms. The van der Waals surface area contributed by atoms with Crippen LogP contribution in [-0.4, -0.2) is 22.5 Å². The van der Waals surface area contributed by atoms with Crippen LogP contribution in [0, 0.1) is 0 Å². The van der Waals surface area contributed by atoms with Gasteiger partial charge >= 0.3 is 0 Å². The Balaban J connectivity index is 1.72. The number of nitrogens with one attached hydrogen (secondary N) is 1. The summed E-state index contributed by atoms with van der Waals surface area (Å²) in [6.45, 7) is 1.03. The van der Waals surface area contributed by atoms with Crippen LogP contribution in [0.3, 0.4) is 0 Å². The predicted octanol–water partition coefficient (Wildman–Crippen LogP) is 4.26. The Morgan fingerprint density at radius 1 is 1.47 bits per heavy atom. The van der Waals surface area contributed by atoms with E-state index < -0.39 is 0 Å². The first kappa shape index (κ1) is 11.6. The minimum absolute atomic E-state index is 0.751. The maximum Gasteiger partial charge on any atom is 0.183 e. The maximum absolute atomic E-state index is 5.95. The molecule has 1 aromatic heterocycles. The Morgan fingerprint density at radius 2 is 2.41 bits per heavy atom. The molecular weight excluding hydrogens is 272 g/mol. The van der Waals surface area contributed by atoms with Gasteiger partial charge in [-0.15, -0.1) is 0 Å². The van der Waals surface area contributed by atoms with Gasteiger partial charge in [0, 0.05) is 16.8 Å². The smallest absolute Gasteiger partial charge is 0.183 e. The van der Waals surface area contributed by atoms with Crippen molar-refractivity contribution < 1.29 is 0 Å². The van der Waals surface area contributed by atoms with Crippen LogP contribution in [0.1, 0.15) is 12.8 Å². The predicted molar refractivity (Wildman–Crippen MR) is 78.6 cm³/mol. The number of aromatic nitrogens is 1. The van der Waals surface area contributed by atoms with E-state index in [0.29, 0.717) is 0 Å². The SMILES string of the molecule is Clc1ccc2sc(NCC3CCCS3)nc2c1. The van der Waals surface area contributed by atoms with Gasteiger partial charge in [-0.2, -0.15) is 11.8 Å². The van der Waals surface area contributed by atoms with Crippen molar-refractivity contribution in [3.8, 4) is 0 Å². The molecular formula is C12H13ClN2S2. The minimum atomic E-state index is 0.751. The molecule has 0 aliphatic carbocycles. The summed E-state index contributed by atoms with van der Waals surface area (Å²) in [7, 11) is 0. The first-order valence-electron chi connectivity index (χ1n) is 5.73. The Kier molecular flexibility index (Phi) is 3.45. The van der Waals surface area contributed by atoms with E-state index in [-0.39, 0.29) is 0 Å². The van der Waals surface area contributed by atoms with Gasteiger partial charge in [-0.25, -0.2) is 4.98 Å². The zero-order chi connectivity index (χ0) is 11.7. The molecule has 1 saturated heterocycles. The number of rotatable bonds is 3. The highest BCUT2D eigenvalue weighted by molar-refractivity contribution is 8.00. The number of fused-ring (bicyclic) bond motifs is 1. The molecule has 2 heterocycles. The molecule has 2 nitrogen and oxygen atoms in total. The number of thiazole rings is 1. The van der Waals surface area contributed by atoms with Crippen LogP contribution in [0.15, 0.2) is 18.2 Å². The number of benzene rings is 1. The van der Waals surface area contributed by atoms with Crippen LogP contribution < -0.4 is 5.32 Å². The molecule has 1 unspecified atom stereocenters. The average Bonchev–Trinajstić information content (AvgIpc) is 2.94. The van der Waals surface area contributed by atoms with Crippen LogP contribution >= 0.6 is 34.7 Å². The third kappa shape index (κ3) is 2.69. The summed E-state index contributed by atoms with van der Waals surface area (Å²) in [5.74, 6) is 1.31. The molecule has 1 fully saturated rings. The molecule has 3 rings (SSSR count). The van der Waals surface area contributed by atoms with Crippen molar-refractivity contribution in [2.75, 3.05) is 17.6 Å². The first-order valence-corrected chi connectivity index (χ1v) is 7.97. The molecule has 5 heteroatoms. The zero-order valence-corrected chi connectivity index (χ0v) is 11.7. The summed E-state index contributed by atoms with van der Waals surface area (Å²) in [4.78, 5) is 4.55. The highest BCUT2D eigenvalue weighted by Crippen LogP contribution is 2.30. The number of nitrogens with zero attached hydrogens (tertiary/aromatic N) is 1. The van der Waals surface area contributed by atoms with E-state index in [2.05, 4.69) is 22.1 Å². The van der Waals surface area contributed by atoms with Gasteiger partial charge in [0.05, 0.1) is 10.2 Å². The lowest BCUT2D eigenvalue weighted by Gasteiger charge is -2.07. The van der Waals surface area contributed by atoms with E-state index in [9.17, 15) is 0 Å². The van der Waals surface area contributed by atoms with Crippen LogP contribution in [0.4, 0.5) is 5.13 Å². The second kappa shape index (κ2) is 5.04. The fraction of sp³-hybridized carbons (Fsp3) is 0.417. The van der Waals surface area contributed by atoms with E-state index >= 15 is 0 Å². The lowest BCUT2D eigenvalue weighted by atomic mass is 10.2. The monoisotopic (exact) mass is 284 g/mol. The Bertz CT molecular complexity index is 520.